The van der Waals surface area contributed by atoms with E-state index >= 15 is 0 Å². The molecule has 100 valence electrons. The lowest BCUT2D eigenvalue weighted by molar-refractivity contribution is 1.13. The van der Waals surface area contributed by atoms with Crippen molar-refractivity contribution in [1.82, 2.24) is 9.97 Å². The second-order valence-corrected chi connectivity index (χ2v) is 5.13. The maximum absolute atomic E-state index is 4.30. The average Bonchev–Trinajstić information content (AvgIpc) is 2.47. The summed E-state index contributed by atoms with van der Waals surface area (Å²) in [6.07, 6.45) is 1.61. The SMILES string of the molecule is Cc1ncnc2ccc(-c3ccc(N(C)C)cc3)cc12. The van der Waals surface area contributed by atoms with E-state index in [9.17, 15) is 0 Å². The highest BCUT2D eigenvalue weighted by atomic mass is 15.1. The van der Waals surface area contributed by atoms with E-state index in [2.05, 4.69) is 57.3 Å². The number of fused-ring (bicyclic) bond motifs is 1. The Balaban J connectivity index is 2.07. The van der Waals surface area contributed by atoms with Gasteiger partial charge in [0.2, 0.25) is 0 Å². The van der Waals surface area contributed by atoms with Crippen molar-refractivity contribution in [2.45, 2.75) is 6.92 Å². The molecule has 0 aliphatic rings. The minimum absolute atomic E-state index is 0.992. The minimum atomic E-state index is 0.992. The summed E-state index contributed by atoms with van der Waals surface area (Å²) in [5.41, 5.74) is 5.61. The van der Waals surface area contributed by atoms with Crippen LogP contribution in [0.3, 0.4) is 0 Å². The Labute approximate surface area is 118 Å². The number of aryl methyl sites for hydroxylation is 1. The van der Waals surface area contributed by atoms with Crippen molar-refractivity contribution < 1.29 is 0 Å². The third-order valence-electron chi connectivity index (χ3n) is 3.55. The molecule has 3 nitrogen and oxygen atoms in total. The maximum atomic E-state index is 4.30. The molecule has 0 unspecified atom stereocenters. The average molecular weight is 263 g/mol. The Morgan fingerprint density at radius 1 is 0.850 bits per heavy atom. The molecular weight excluding hydrogens is 246 g/mol. The van der Waals surface area contributed by atoms with E-state index in [-0.39, 0.29) is 0 Å². The van der Waals surface area contributed by atoms with Gasteiger partial charge < -0.3 is 4.90 Å². The van der Waals surface area contributed by atoms with Crippen molar-refractivity contribution in [2.75, 3.05) is 19.0 Å². The molecule has 0 aliphatic heterocycles. The standard InChI is InChI=1S/C17H17N3/c1-12-16-10-14(6-9-17(16)19-11-18-12)13-4-7-15(8-5-13)20(2)3/h4-11H,1-3H3. The van der Waals surface area contributed by atoms with E-state index in [0.29, 0.717) is 0 Å². The van der Waals surface area contributed by atoms with Crippen molar-refractivity contribution >= 4 is 16.6 Å². The van der Waals surface area contributed by atoms with Crippen LogP contribution in [0.15, 0.2) is 48.8 Å². The summed E-state index contributed by atoms with van der Waals surface area (Å²) in [7, 11) is 4.09. The first-order valence-electron chi connectivity index (χ1n) is 6.64. The van der Waals surface area contributed by atoms with Gasteiger partial charge in [-0.15, -0.1) is 0 Å². The lowest BCUT2D eigenvalue weighted by Crippen LogP contribution is -2.07. The van der Waals surface area contributed by atoms with Gasteiger partial charge in [0.1, 0.15) is 6.33 Å². The lowest BCUT2D eigenvalue weighted by atomic mass is 10.0. The van der Waals surface area contributed by atoms with Crippen LogP contribution < -0.4 is 4.90 Å². The van der Waals surface area contributed by atoms with Gasteiger partial charge in [-0.2, -0.15) is 0 Å². The zero-order valence-electron chi connectivity index (χ0n) is 12.0. The molecule has 20 heavy (non-hydrogen) atoms. The summed E-state index contributed by atoms with van der Waals surface area (Å²) in [6, 6.07) is 14.9. The Morgan fingerprint density at radius 2 is 1.55 bits per heavy atom. The van der Waals surface area contributed by atoms with Crippen molar-refractivity contribution in [3.05, 3.63) is 54.5 Å². The van der Waals surface area contributed by atoms with Gasteiger partial charge in [-0.1, -0.05) is 18.2 Å². The summed E-state index contributed by atoms with van der Waals surface area (Å²) in [6.45, 7) is 2.02. The van der Waals surface area contributed by atoms with Crippen LogP contribution in [-0.2, 0) is 0 Å². The highest BCUT2D eigenvalue weighted by Gasteiger charge is 2.04. The number of rotatable bonds is 2. The third-order valence-corrected chi connectivity index (χ3v) is 3.55. The summed E-state index contributed by atoms with van der Waals surface area (Å²) >= 11 is 0. The van der Waals surface area contributed by atoms with Gasteiger partial charge >= 0.3 is 0 Å². The van der Waals surface area contributed by atoms with E-state index in [4.69, 9.17) is 0 Å². The van der Waals surface area contributed by atoms with Gasteiger partial charge in [-0.3, -0.25) is 0 Å². The zero-order valence-corrected chi connectivity index (χ0v) is 12.0. The molecule has 1 aromatic heterocycles. The van der Waals surface area contributed by atoms with Crippen LogP contribution in [0.25, 0.3) is 22.0 Å². The molecule has 1 heterocycles. The molecule has 2 aromatic carbocycles. The van der Waals surface area contributed by atoms with E-state index in [0.717, 1.165) is 16.6 Å². The summed E-state index contributed by atoms with van der Waals surface area (Å²) in [5, 5.41) is 1.11. The highest BCUT2D eigenvalue weighted by molar-refractivity contribution is 5.86. The Hall–Kier alpha value is -2.42. The molecule has 0 atom stereocenters. The van der Waals surface area contributed by atoms with Crippen LogP contribution in [0.5, 0.6) is 0 Å². The molecule has 0 N–H and O–H groups in total. The molecule has 0 fully saturated rings. The molecule has 0 aliphatic carbocycles. The third kappa shape index (κ3) is 2.23. The number of anilines is 1. The zero-order chi connectivity index (χ0) is 14.1. The molecule has 3 aromatic rings. The van der Waals surface area contributed by atoms with Crippen LogP contribution in [0.1, 0.15) is 5.69 Å². The van der Waals surface area contributed by atoms with Gasteiger partial charge in [0.15, 0.2) is 0 Å². The number of hydrogen-bond donors (Lipinski definition) is 0. The molecule has 0 radical (unpaired) electrons. The van der Waals surface area contributed by atoms with E-state index in [1.807, 2.05) is 21.0 Å². The monoisotopic (exact) mass is 263 g/mol. The molecule has 3 heteroatoms. The fourth-order valence-corrected chi connectivity index (χ4v) is 2.32. The van der Waals surface area contributed by atoms with E-state index in [1.54, 1.807) is 6.33 Å². The first-order valence-corrected chi connectivity index (χ1v) is 6.64. The predicted octanol–water partition coefficient (Wildman–Crippen LogP) is 3.67. The second-order valence-electron chi connectivity index (χ2n) is 5.13. The van der Waals surface area contributed by atoms with Crippen LogP contribution >= 0.6 is 0 Å². The summed E-state index contributed by atoms with van der Waals surface area (Å²) < 4.78 is 0. The van der Waals surface area contributed by atoms with Crippen molar-refractivity contribution in [3.63, 3.8) is 0 Å². The van der Waals surface area contributed by atoms with Crippen molar-refractivity contribution in [1.29, 1.82) is 0 Å². The van der Waals surface area contributed by atoms with Crippen LogP contribution in [0.2, 0.25) is 0 Å². The Bertz CT molecular complexity index is 746. The molecular formula is C17H17N3. The fraction of sp³-hybridized carbons (Fsp3) is 0.176. The molecule has 0 saturated carbocycles. The largest absolute Gasteiger partial charge is 0.378 e. The normalized spacial score (nSPS) is 10.8. The second kappa shape index (κ2) is 4.93. The highest BCUT2D eigenvalue weighted by Crippen LogP contribution is 2.26. The van der Waals surface area contributed by atoms with Gasteiger partial charge in [-0.25, -0.2) is 9.97 Å². The summed E-state index contributed by atoms with van der Waals surface area (Å²) in [5.74, 6) is 0. The predicted molar refractivity (Wildman–Crippen MR) is 84.0 cm³/mol. The topological polar surface area (TPSA) is 29.0 Å². The molecule has 0 amide bonds. The Morgan fingerprint density at radius 3 is 2.25 bits per heavy atom. The summed E-state index contributed by atoms with van der Waals surface area (Å²) in [4.78, 5) is 10.7. The van der Waals surface area contributed by atoms with Crippen LogP contribution in [-0.4, -0.2) is 24.1 Å². The van der Waals surface area contributed by atoms with Gasteiger partial charge in [-0.05, 0) is 42.3 Å². The van der Waals surface area contributed by atoms with Crippen LogP contribution in [0.4, 0.5) is 5.69 Å². The fourth-order valence-electron chi connectivity index (χ4n) is 2.32. The van der Waals surface area contributed by atoms with Crippen molar-refractivity contribution in [2.24, 2.45) is 0 Å². The first kappa shape index (κ1) is 12.6. The number of nitrogens with zero attached hydrogens (tertiary/aromatic N) is 3. The van der Waals surface area contributed by atoms with Gasteiger partial charge in [0.25, 0.3) is 0 Å². The number of benzene rings is 2. The van der Waals surface area contributed by atoms with E-state index in [1.165, 1.54) is 16.8 Å². The van der Waals surface area contributed by atoms with Crippen molar-refractivity contribution in [3.8, 4) is 11.1 Å². The molecule has 0 spiro atoms. The molecule has 3 rings (SSSR count). The minimum Gasteiger partial charge on any atom is -0.378 e. The smallest absolute Gasteiger partial charge is 0.116 e. The molecule has 0 bridgehead atoms. The van der Waals surface area contributed by atoms with Crippen LogP contribution in [0, 0.1) is 6.92 Å². The van der Waals surface area contributed by atoms with E-state index < -0.39 is 0 Å². The van der Waals surface area contributed by atoms with Gasteiger partial charge in [0, 0.05) is 30.9 Å². The van der Waals surface area contributed by atoms with Gasteiger partial charge in [0.05, 0.1) is 5.52 Å². The quantitative estimate of drug-likeness (QED) is 0.706. The molecule has 0 saturated heterocycles. The maximum Gasteiger partial charge on any atom is 0.116 e. The lowest BCUT2D eigenvalue weighted by Gasteiger charge is -2.13. The Kier molecular flexibility index (Phi) is 3.11. The number of hydrogen-bond acceptors (Lipinski definition) is 3. The number of aromatic nitrogens is 2. The first-order chi connectivity index (χ1) is 9.65.